The van der Waals surface area contributed by atoms with Crippen molar-refractivity contribution in [3.05, 3.63) is 59.2 Å². The van der Waals surface area contributed by atoms with Crippen molar-refractivity contribution >= 4 is 11.4 Å². The largest absolute Gasteiger partial charge is 0.389 e. The molecule has 0 bridgehead atoms. The Morgan fingerprint density at radius 1 is 1.19 bits per heavy atom. The van der Waals surface area contributed by atoms with Crippen molar-refractivity contribution < 1.29 is 5.11 Å². The molecular formula is C18H20N2O. The molecule has 0 spiro atoms. The molecule has 0 fully saturated rings. The molecule has 1 atom stereocenters. The van der Waals surface area contributed by atoms with E-state index < -0.39 is 6.10 Å². The van der Waals surface area contributed by atoms with Gasteiger partial charge in [0.15, 0.2) is 0 Å². The third-order valence-electron chi connectivity index (χ3n) is 3.56. The van der Waals surface area contributed by atoms with Gasteiger partial charge >= 0.3 is 0 Å². The molecule has 0 aliphatic heterocycles. The van der Waals surface area contributed by atoms with Crippen molar-refractivity contribution in [2.45, 2.75) is 26.9 Å². The quantitative estimate of drug-likeness (QED) is 0.918. The number of hydrogen-bond donors (Lipinski definition) is 1. The van der Waals surface area contributed by atoms with Gasteiger partial charge in [0.1, 0.15) is 0 Å². The lowest BCUT2D eigenvalue weighted by Crippen LogP contribution is -2.18. The first-order chi connectivity index (χ1) is 10.1. The van der Waals surface area contributed by atoms with Gasteiger partial charge in [-0.25, -0.2) is 0 Å². The Balaban J connectivity index is 2.55. The molecular weight excluding hydrogens is 260 g/mol. The van der Waals surface area contributed by atoms with E-state index in [0.717, 1.165) is 23.5 Å². The summed E-state index contributed by atoms with van der Waals surface area (Å²) in [7, 11) is 0. The van der Waals surface area contributed by atoms with Gasteiger partial charge in [-0.05, 0) is 45.0 Å². The zero-order valence-corrected chi connectivity index (χ0v) is 12.7. The van der Waals surface area contributed by atoms with Gasteiger partial charge in [0, 0.05) is 23.5 Å². The average Bonchev–Trinajstić information content (AvgIpc) is 2.49. The molecule has 21 heavy (non-hydrogen) atoms. The zero-order chi connectivity index (χ0) is 15.4. The molecule has 0 saturated heterocycles. The topological polar surface area (TPSA) is 47.3 Å². The number of nitriles is 1. The third-order valence-corrected chi connectivity index (χ3v) is 3.56. The van der Waals surface area contributed by atoms with E-state index >= 15 is 0 Å². The Morgan fingerprint density at radius 2 is 1.86 bits per heavy atom. The summed E-state index contributed by atoms with van der Waals surface area (Å²) in [5.74, 6) is 0. The fraction of sp³-hybridized carbons (Fsp3) is 0.278. The predicted octanol–water partition coefficient (Wildman–Crippen LogP) is 4.08. The molecule has 0 unspecified atom stereocenters. The fourth-order valence-corrected chi connectivity index (χ4v) is 2.42. The first kappa shape index (κ1) is 15.1. The van der Waals surface area contributed by atoms with Crippen LogP contribution in [0.25, 0.3) is 0 Å². The van der Waals surface area contributed by atoms with Gasteiger partial charge in [0.2, 0.25) is 0 Å². The molecule has 0 aliphatic carbocycles. The fourth-order valence-electron chi connectivity index (χ4n) is 2.42. The second-order valence-corrected chi connectivity index (χ2v) is 5.14. The molecule has 0 aliphatic rings. The lowest BCUT2D eigenvalue weighted by atomic mass is 10.0. The molecule has 0 heterocycles. The molecule has 0 saturated carbocycles. The van der Waals surface area contributed by atoms with Crippen LogP contribution in [-0.4, -0.2) is 11.7 Å². The minimum Gasteiger partial charge on any atom is -0.389 e. The maximum atomic E-state index is 9.99. The van der Waals surface area contributed by atoms with E-state index in [9.17, 15) is 5.11 Å². The molecule has 0 amide bonds. The van der Waals surface area contributed by atoms with Crippen LogP contribution in [0.1, 0.15) is 36.6 Å². The maximum absolute atomic E-state index is 9.99. The van der Waals surface area contributed by atoms with Crippen molar-refractivity contribution in [2.24, 2.45) is 0 Å². The summed E-state index contributed by atoms with van der Waals surface area (Å²) in [6, 6.07) is 15.8. The Bertz CT molecular complexity index is 654. The van der Waals surface area contributed by atoms with Gasteiger partial charge in [0.25, 0.3) is 0 Å². The highest BCUT2D eigenvalue weighted by Crippen LogP contribution is 2.32. The average molecular weight is 280 g/mol. The van der Waals surface area contributed by atoms with Gasteiger partial charge in [0.05, 0.1) is 17.7 Å². The molecule has 3 heteroatoms. The highest BCUT2D eigenvalue weighted by atomic mass is 16.3. The van der Waals surface area contributed by atoms with Gasteiger partial charge in [-0.15, -0.1) is 0 Å². The number of aliphatic hydroxyl groups excluding tert-OH is 1. The van der Waals surface area contributed by atoms with Crippen LogP contribution in [0.15, 0.2) is 42.5 Å². The Morgan fingerprint density at radius 3 is 2.38 bits per heavy atom. The zero-order valence-electron chi connectivity index (χ0n) is 12.7. The predicted molar refractivity (Wildman–Crippen MR) is 85.6 cm³/mol. The number of nitrogens with zero attached hydrogens (tertiary/aromatic N) is 2. The number of aryl methyl sites for hydroxylation is 1. The summed E-state index contributed by atoms with van der Waals surface area (Å²) in [6.07, 6.45) is -0.577. The van der Waals surface area contributed by atoms with Gasteiger partial charge in [-0.1, -0.05) is 23.8 Å². The lowest BCUT2D eigenvalue weighted by molar-refractivity contribution is 0.200. The van der Waals surface area contributed by atoms with E-state index in [1.807, 2.05) is 12.1 Å². The molecule has 2 aromatic rings. The number of rotatable bonds is 4. The van der Waals surface area contributed by atoms with E-state index in [1.165, 1.54) is 5.56 Å². The smallest absolute Gasteiger partial charge is 0.0992 e. The maximum Gasteiger partial charge on any atom is 0.0992 e. The number of hydrogen-bond acceptors (Lipinski definition) is 3. The van der Waals surface area contributed by atoms with Crippen LogP contribution in [0.3, 0.4) is 0 Å². The Hall–Kier alpha value is -2.31. The highest BCUT2D eigenvalue weighted by molar-refractivity contribution is 5.68. The summed E-state index contributed by atoms with van der Waals surface area (Å²) < 4.78 is 0. The summed E-state index contributed by atoms with van der Waals surface area (Å²) in [5, 5.41) is 19.1. The molecule has 0 radical (unpaired) electrons. The van der Waals surface area contributed by atoms with Crippen LogP contribution in [0.5, 0.6) is 0 Å². The molecule has 1 N–H and O–H groups in total. The van der Waals surface area contributed by atoms with Gasteiger partial charge in [-0.2, -0.15) is 5.26 Å². The van der Waals surface area contributed by atoms with Gasteiger partial charge < -0.3 is 10.0 Å². The second kappa shape index (κ2) is 6.43. The second-order valence-electron chi connectivity index (χ2n) is 5.14. The van der Waals surface area contributed by atoms with Crippen molar-refractivity contribution in [3.63, 3.8) is 0 Å². The van der Waals surface area contributed by atoms with Crippen LogP contribution in [0.4, 0.5) is 11.4 Å². The van der Waals surface area contributed by atoms with Crippen LogP contribution < -0.4 is 4.90 Å². The number of aliphatic hydroxyl groups is 1. The summed E-state index contributed by atoms with van der Waals surface area (Å²) in [4.78, 5) is 2.11. The van der Waals surface area contributed by atoms with Crippen LogP contribution in [-0.2, 0) is 0 Å². The first-order valence-electron chi connectivity index (χ1n) is 7.13. The summed E-state index contributed by atoms with van der Waals surface area (Å²) in [5.41, 5.74) is 4.57. The normalized spacial score (nSPS) is 11.8. The lowest BCUT2D eigenvalue weighted by Gasteiger charge is -2.27. The molecule has 0 aromatic heterocycles. The molecule has 3 nitrogen and oxygen atoms in total. The van der Waals surface area contributed by atoms with E-state index in [4.69, 9.17) is 5.26 Å². The van der Waals surface area contributed by atoms with E-state index in [-0.39, 0.29) is 0 Å². The van der Waals surface area contributed by atoms with Crippen molar-refractivity contribution in [2.75, 3.05) is 11.4 Å². The van der Waals surface area contributed by atoms with Crippen LogP contribution in [0, 0.1) is 18.3 Å². The molecule has 2 rings (SSSR count). The Kier molecular flexibility index (Phi) is 4.62. The van der Waals surface area contributed by atoms with E-state index in [1.54, 1.807) is 13.0 Å². The van der Waals surface area contributed by atoms with Crippen LogP contribution >= 0.6 is 0 Å². The van der Waals surface area contributed by atoms with Crippen molar-refractivity contribution in [3.8, 4) is 6.07 Å². The molecule has 108 valence electrons. The standard InChI is InChI=1S/C18H20N2O/c1-4-20(16-8-5-13(2)6-9-16)18-11-15(12-19)7-10-17(18)14(3)21/h5-11,14,21H,4H2,1-3H3/t14-/m0/s1. The number of anilines is 2. The van der Waals surface area contributed by atoms with E-state index in [2.05, 4.69) is 49.1 Å². The summed E-state index contributed by atoms with van der Waals surface area (Å²) in [6.45, 7) is 6.62. The SMILES string of the molecule is CCN(c1ccc(C)cc1)c1cc(C#N)ccc1[C@H](C)O. The summed E-state index contributed by atoms with van der Waals surface area (Å²) >= 11 is 0. The third kappa shape index (κ3) is 3.24. The monoisotopic (exact) mass is 280 g/mol. The van der Waals surface area contributed by atoms with Crippen LogP contribution in [0.2, 0.25) is 0 Å². The number of benzene rings is 2. The van der Waals surface area contributed by atoms with Crippen molar-refractivity contribution in [1.82, 2.24) is 0 Å². The minimum absolute atomic E-state index is 0.577. The highest BCUT2D eigenvalue weighted by Gasteiger charge is 2.15. The van der Waals surface area contributed by atoms with Gasteiger partial charge in [-0.3, -0.25) is 0 Å². The van der Waals surface area contributed by atoms with E-state index in [0.29, 0.717) is 5.56 Å². The molecule has 2 aromatic carbocycles. The minimum atomic E-state index is -0.577. The first-order valence-corrected chi connectivity index (χ1v) is 7.13. The Labute approximate surface area is 126 Å². The van der Waals surface area contributed by atoms with Crippen molar-refractivity contribution in [1.29, 1.82) is 5.26 Å².